The zero-order chi connectivity index (χ0) is 44.4. The number of allylic oxidation sites excluding steroid dienone is 12. The van der Waals surface area contributed by atoms with Gasteiger partial charge in [-0.3, -0.25) is 14.4 Å². The first-order valence-electron chi connectivity index (χ1n) is 25.4. The van der Waals surface area contributed by atoms with Gasteiger partial charge in [0.2, 0.25) is 0 Å². The molecule has 0 rings (SSSR count). The highest BCUT2D eigenvalue weighted by Crippen LogP contribution is 2.13. The van der Waals surface area contributed by atoms with Gasteiger partial charge in [0.05, 0.1) is 0 Å². The highest BCUT2D eigenvalue weighted by Gasteiger charge is 2.19. The summed E-state index contributed by atoms with van der Waals surface area (Å²) in [5, 5.41) is 0. The summed E-state index contributed by atoms with van der Waals surface area (Å²) in [6, 6.07) is 0. The molecule has 61 heavy (non-hydrogen) atoms. The number of ether oxygens (including phenoxy) is 3. The maximum absolute atomic E-state index is 12.8. The number of carbonyl (C=O) groups is 3. The van der Waals surface area contributed by atoms with Gasteiger partial charge in [-0.1, -0.05) is 196 Å². The average Bonchev–Trinajstić information content (AvgIpc) is 3.26. The largest absolute Gasteiger partial charge is 0.462 e. The molecule has 0 saturated heterocycles. The first-order valence-corrected chi connectivity index (χ1v) is 25.4. The van der Waals surface area contributed by atoms with Gasteiger partial charge in [0.15, 0.2) is 6.10 Å². The fraction of sp³-hybridized carbons (Fsp3) is 0.727. The Morgan fingerprint density at radius 3 is 1.10 bits per heavy atom. The Balaban J connectivity index is 4.48. The molecule has 1 atom stereocenters. The molecule has 0 heterocycles. The van der Waals surface area contributed by atoms with Gasteiger partial charge in [-0.15, -0.1) is 0 Å². The fourth-order valence-corrected chi connectivity index (χ4v) is 6.86. The molecule has 0 fully saturated rings. The van der Waals surface area contributed by atoms with Crippen molar-refractivity contribution in [2.45, 2.75) is 245 Å². The van der Waals surface area contributed by atoms with Gasteiger partial charge < -0.3 is 14.2 Å². The average molecular weight is 851 g/mol. The number of rotatable bonds is 45. The lowest BCUT2D eigenvalue weighted by atomic mass is 10.1. The van der Waals surface area contributed by atoms with Gasteiger partial charge in [0.1, 0.15) is 13.2 Å². The first-order chi connectivity index (χ1) is 30.0. The van der Waals surface area contributed by atoms with Crippen molar-refractivity contribution in [1.82, 2.24) is 0 Å². The van der Waals surface area contributed by atoms with Crippen LogP contribution in [-0.4, -0.2) is 37.2 Å². The molecule has 0 aromatic rings. The summed E-state index contributed by atoms with van der Waals surface area (Å²) in [4.78, 5) is 37.9. The molecule has 350 valence electrons. The lowest BCUT2D eigenvalue weighted by Crippen LogP contribution is -2.30. The van der Waals surface area contributed by atoms with E-state index in [-0.39, 0.29) is 37.5 Å². The summed E-state index contributed by atoms with van der Waals surface area (Å²) in [6.07, 6.45) is 61.8. The minimum Gasteiger partial charge on any atom is -0.462 e. The van der Waals surface area contributed by atoms with Crippen LogP contribution < -0.4 is 0 Å². The topological polar surface area (TPSA) is 78.9 Å². The Morgan fingerprint density at radius 1 is 0.344 bits per heavy atom. The van der Waals surface area contributed by atoms with E-state index in [0.717, 1.165) is 83.5 Å². The van der Waals surface area contributed by atoms with Crippen LogP contribution in [0.1, 0.15) is 239 Å². The van der Waals surface area contributed by atoms with Crippen LogP contribution >= 0.6 is 0 Å². The Hall–Kier alpha value is -3.15. The molecule has 0 aromatic heterocycles. The zero-order valence-electron chi connectivity index (χ0n) is 39.9. The van der Waals surface area contributed by atoms with Crippen molar-refractivity contribution in [1.29, 1.82) is 0 Å². The van der Waals surface area contributed by atoms with Gasteiger partial charge in [0, 0.05) is 19.3 Å². The van der Waals surface area contributed by atoms with E-state index < -0.39 is 6.10 Å². The summed E-state index contributed by atoms with van der Waals surface area (Å²) in [5.74, 6) is -1.01. The molecule has 0 aliphatic rings. The molecule has 0 aliphatic heterocycles. The number of unbranched alkanes of at least 4 members (excludes halogenated alkanes) is 22. The summed E-state index contributed by atoms with van der Waals surface area (Å²) < 4.78 is 16.7. The smallest absolute Gasteiger partial charge is 0.306 e. The maximum atomic E-state index is 12.8. The van der Waals surface area contributed by atoms with Crippen LogP contribution in [0.15, 0.2) is 72.9 Å². The molecular formula is C55H94O6. The Kier molecular flexibility index (Phi) is 46.9. The lowest BCUT2D eigenvalue weighted by molar-refractivity contribution is -0.166. The molecule has 1 unspecified atom stereocenters. The van der Waals surface area contributed by atoms with Crippen molar-refractivity contribution in [3.8, 4) is 0 Å². The van der Waals surface area contributed by atoms with E-state index in [4.69, 9.17) is 14.2 Å². The minimum atomic E-state index is -0.810. The minimum absolute atomic E-state index is 0.105. The van der Waals surface area contributed by atoms with E-state index in [1.807, 2.05) is 12.2 Å². The molecule has 0 spiro atoms. The highest BCUT2D eigenvalue weighted by molar-refractivity contribution is 5.71. The molecular weight excluding hydrogens is 757 g/mol. The lowest BCUT2D eigenvalue weighted by Gasteiger charge is -2.18. The Labute approximate surface area is 376 Å². The van der Waals surface area contributed by atoms with Gasteiger partial charge in [0.25, 0.3) is 0 Å². The van der Waals surface area contributed by atoms with Crippen molar-refractivity contribution in [3.05, 3.63) is 72.9 Å². The number of hydrogen-bond donors (Lipinski definition) is 0. The number of esters is 3. The predicted molar refractivity (Wildman–Crippen MR) is 261 cm³/mol. The van der Waals surface area contributed by atoms with Gasteiger partial charge in [-0.05, 0) is 96.3 Å². The third kappa shape index (κ3) is 47.7. The molecule has 6 heteroatoms. The Bertz CT molecular complexity index is 1160. The summed E-state index contributed by atoms with van der Waals surface area (Å²) in [7, 11) is 0. The predicted octanol–water partition coefficient (Wildman–Crippen LogP) is 16.6. The van der Waals surface area contributed by atoms with E-state index in [1.165, 1.54) is 109 Å². The van der Waals surface area contributed by atoms with Gasteiger partial charge in [-0.25, -0.2) is 0 Å². The zero-order valence-corrected chi connectivity index (χ0v) is 39.9. The molecule has 0 radical (unpaired) electrons. The summed E-state index contributed by atoms with van der Waals surface area (Å²) in [6.45, 7) is 6.43. The van der Waals surface area contributed by atoms with Crippen LogP contribution in [0.5, 0.6) is 0 Å². The van der Waals surface area contributed by atoms with E-state index in [9.17, 15) is 14.4 Å². The van der Waals surface area contributed by atoms with Gasteiger partial charge >= 0.3 is 17.9 Å². The Morgan fingerprint density at radius 2 is 0.672 bits per heavy atom. The normalized spacial score (nSPS) is 12.6. The van der Waals surface area contributed by atoms with Gasteiger partial charge in [-0.2, -0.15) is 0 Å². The first kappa shape index (κ1) is 57.9. The quantitative estimate of drug-likeness (QED) is 0.0263. The molecule has 0 N–H and O–H groups in total. The molecule has 0 bridgehead atoms. The van der Waals surface area contributed by atoms with E-state index >= 15 is 0 Å². The monoisotopic (exact) mass is 851 g/mol. The van der Waals surface area contributed by atoms with Crippen LogP contribution in [0.2, 0.25) is 0 Å². The molecule has 0 aromatic carbocycles. The standard InChI is InChI=1S/C55H94O6/c1-4-7-10-13-16-19-22-25-27-28-31-33-36-39-42-45-48-54(57)60-51-52(50-59-53(56)47-44-41-38-35-32-29-24-21-18-15-12-9-6-3)61-55(58)49-46-43-40-37-34-30-26-23-20-17-14-11-8-5-2/h9,12,18,21,23,26-29,32,38,41,52H,4-8,10-11,13-17,19-20,22,24-25,30-31,33-37,39-40,42-51H2,1-3H3/b12-9-,21-18-,26-23-,28-27-,32-29-,41-38-. The number of carbonyl (C=O) groups excluding carboxylic acids is 3. The van der Waals surface area contributed by atoms with E-state index in [1.54, 1.807) is 0 Å². The van der Waals surface area contributed by atoms with E-state index in [0.29, 0.717) is 19.3 Å². The molecule has 6 nitrogen and oxygen atoms in total. The SMILES string of the molecule is CC/C=C\C/C=C\C/C=C\C/C=C\CCC(=O)OCC(COC(=O)CCCCCCC/C=C\CCCCCCCCC)OC(=O)CCCCCCC/C=C\CCCCCCC. The van der Waals surface area contributed by atoms with E-state index in [2.05, 4.69) is 81.5 Å². The number of hydrogen-bond acceptors (Lipinski definition) is 6. The van der Waals surface area contributed by atoms with Crippen LogP contribution in [0.3, 0.4) is 0 Å². The third-order valence-corrected chi connectivity index (χ3v) is 10.7. The van der Waals surface area contributed by atoms with Crippen LogP contribution in [-0.2, 0) is 28.6 Å². The van der Waals surface area contributed by atoms with Crippen LogP contribution in [0.25, 0.3) is 0 Å². The molecule has 0 aliphatic carbocycles. The van der Waals surface area contributed by atoms with Crippen molar-refractivity contribution >= 4 is 17.9 Å². The second-order valence-corrected chi connectivity index (χ2v) is 16.7. The van der Waals surface area contributed by atoms with Crippen LogP contribution in [0.4, 0.5) is 0 Å². The highest BCUT2D eigenvalue weighted by atomic mass is 16.6. The van der Waals surface area contributed by atoms with Crippen molar-refractivity contribution in [2.75, 3.05) is 13.2 Å². The second-order valence-electron chi connectivity index (χ2n) is 16.7. The van der Waals surface area contributed by atoms with Crippen molar-refractivity contribution in [2.24, 2.45) is 0 Å². The maximum Gasteiger partial charge on any atom is 0.306 e. The molecule has 0 saturated carbocycles. The molecule has 0 amide bonds. The van der Waals surface area contributed by atoms with Crippen molar-refractivity contribution < 1.29 is 28.6 Å². The fourth-order valence-electron chi connectivity index (χ4n) is 6.86. The van der Waals surface area contributed by atoms with Crippen LogP contribution in [0, 0.1) is 0 Å². The summed E-state index contributed by atoms with van der Waals surface area (Å²) >= 11 is 0. The third-order valence-electron chi connectivity index (χ3n) is 10.7. The summed E-state index contributed by atoms with van der Waals surface area (Å²) in [5.41, 5.74) is 0. The van der Waals surface area contributed by atoms with Crippen molar-refractivity contribution in [3.63, 3.8) is 0 Å². The second kappa shape index (κ2) is 49.5.